The van der Waals surface area contributed by atoms with E-state index in [0.29, 0.717) is 0 Å². The molecule has 0 unspecified atom stereocenters. The van der Waals surface area contributed by atoms with Gasteiger partial charge in [-0.2, -0.15) is 0 Å². The lowest BCUT2D eigenvalue weighted by Gasteiger charge is -2.14. The second kappa shape index (κ2) is 7.11. The molecule has 0 spiro atoms. The predicted molar refractivity (Wildman–Crippen MR) is 91.3 cm³/mol. The van der Waals surface area contributed by atoms with Crippen LogP contribution in [0.25, 0.3) is 0 Å². The van der Waals surface area contributed by atoms with E-state index in [4.69, 9.17) is 16.3 Å². The highest BCUT2D eigenvalue weighted by Gasteiger charge is 2.21. The van der Waals surface area contributed by atoms with Crippen molar-refractivity contribution in [3.05, 3.63) is 52.5 Å². The third-order valence-corrected chi connectivity index (χ3v) is 4.96. The predicted octanol–water partition coefficient (Wildman–Crippen LogP) is 3.24. The van der Waals surface area contributed by atoms with Gasteiger partial charge in [0.05, 0.1) is 30.5 Å². The number of anilines is 1. The number of carbonyl (C=O) groups excluding carboxylic acids is 1. The summed E-state index contributed by atoms with van der Waals surface area (Å²) in [5.41, 5.74) is 1.00. The first-order chi connectivity index (χ1) is 11.3. The molecule has 6 nitrogen and oxygen atoms in total. The lowest BCUT2D eigenvalue weighted by Crippen LogP contribution is -2.15. The third-order valence-electron chi connectivity index (χ3n) is 3.24. The molecular weight excluding hydrogens is 354 g/mol. The minimum atomic E-state index is -3.96. The summed E-state index contributed by atoms with van der Waals surface area (Å²) in [6, 6.07) is 8.96. The van der Waals surface area contributed by atoms with Crippen molar-refractivity contribution < 1.29 is 22.7 Å². The number of hydrogen-bond acceptors (Lipinski definition) is 5. The van der Waals surface area contributed by atoms with Gasteiger partial charge in [0, 0.05) is 0 Å². The SMILES string of the molecule is COC(=O)c1ccc(Cl)c(NS(=O)(=O)c2cc(C)ccc2OC)c1. The standard InChI is InChI=1S/C16H16ClNO5S/c1-10-4-7-14(22-2)15(8-10)24(20,21)18-13-9-11(16(19)23-3)5-6-12(13)17/h4-9,18H,1-3H3. The highest BCUT2D eigenvalue weighted by Crippen LogP contribution is 2.30. The summed E-state index contributed by atoms with van der Waals surface area (Å²) in [5, 5.41) is 0.151. The van der Waals surface area contributed by atoms with Crippen molar-refractivity contribution in [3.8, 4) is 5.75 Å². The molecule has 8 heteroatoms. The Labute approximate surface area is 145 Å². The van der Waals surface area contributed by atoms with Gasteiger partial charge in [-0.05, 0) is 42.8 Å². The topological polar surface area (TPSA) is 81.7 Å². The maximum absolute atomic E-state index is 12.7. The van der Waals surface area contributed by atoms with Gasteiger partial charge >= 0.3 is 5.97 Å². The molecule has 24 heavy (non-hydrogen) atoms. The molecule has 2 rings (SSSR count). The number of methoxy groups -OCH3 is 2. The van der Waals surface area contributed by atoms with Gasteiger partial charge in [0.25, 0.3) is 10.0 Å². The van der Waals surface area contributed by atoms with E-state index in [2.05, 4.69) is 9.46 Å². The van der Waals surface area contributed by atoms with Gasteiger partial charge < -0.3 is 9.47 Å². The van der Waals surface area contributed by atoms with E-state index in [0.717, 1.165) is 5.56 Å². The van der Waals surface area contributed by atoms with E-state index in [1.54, 1.807) is 19.1 Å². The van der Waals surface area contributed by atoms with E-state index in [1.807, 2.05) is 0 Å². The van der Waals surface area contributed by atoms with E-state index in [-0.39, 0.29) is 26.9 Å². The molecule has 0 aliphatic heterocycles. The monoisotopic (exact) mass is 369 g/mol. The number of esters is 1. The lowest BCUT2D eigenvalue weighted by molar-refractivity contribution is 0.0601. The molecule has 128 valence electrons. The molecule has 0 heterocycles. The number of halogens is 1. The maximum Gasteiger partial charge on any atom is 0.337 e. The van der Waals surface area contributed by atoms with Crippen molar-refractivity contribution >= 4 is 33.3 Å². The molecule has 2 aromatic rings. The normalized spacial score (nSPS) is 11.0. The molecule has 0 aliphatic rings. The molecular formula is C16H16ClNO5S. The van der Waals surface area contributed by atoms with Crippen LogP contribution in [0.3, 0.4) is 0 Å². The zero-order chi connectivity index (χ0) is 17.9. The Morgan fingerprint density at radius 2 is 1.83 bits per heavy atom. The first kappa shape index (κ1) is 18.1. The fourth-order valence-corrected chi connectivity index (χ4v) is 3.59. The number of sulfonamides is 1. The van der Waals surface area contributed by atoms with Crippen LogP contribution < -0.4 is 9.46 Å². The van der Waals surface area contributed by atoms with Gasteiger partial charge in [0.15, 0.2) is 0 Å². The summed E-state index contributed by atoms with van der Waals surface area (Å²) in [4.78, 5) is 11.6. The van der Waals surface area contributed by atoms with Crippen molar-refractivity contribution in [2.75, 3.05) is 18.9 Å². The first-order valence-corrected chi connectivity index (χ1v) is 8.70. The largest absolute Gasteiger partial charge is 0.495 e. The molecule has 0 radical (unpaired) electrons. The number of ether oxygens (including phenoxy) is 2. The van der Waals surface area contributed by atoms with Crippen molar-refractivity contribution in [1.82, 2.24) is 0 Å². The second-order valence-electron chi connectivity index (χ2n) is 4.95. The summed E-state index contributed by atoms with van der Waals surface area (Å²) < 4.78 is 37.4. The molecule has 0 aliphatic carbocycles. The molecule has 1 N–H and O–H groups in total. The van der Waals surface area contributed by atoms with Crippen LogP contribution in [-0.2, 0) is 14.8 Å². The quantitative estimate of drug-likeness (QED) is 0.818. The zero-order valence-corrected chi connectivity index (χ0v) is 14.9. The summed E-state index contributed by atoms with van der Waals surface area (Å²) in [6.45, 7) is 1.77. The number of aryl methyl sites for hydroxylation is 1. The smallest absolute Gasteiger partial charge is 0.337 e. The summed E-state index contributed by atoms with van der Waals surface area (Å²) in [7, 11) is -1.34. The highest BCUT2D eigenvalue weighted by atomic mass is 35.5. The van der Waals surface area contributed by atoms with Crippen molar-refractivity contribution in [2.24, 2.45) is 0 Å². The van der Waals surface area contributed by atoms with Crippen LogP contribution in [0, 0.1) is 6.92 Å². The van der Waals surface area contributed by atoms with E-state index in [9.17, 15) is 13.2 Å². The molecule has 0 aromatic heterocycles. The molecule has 0 amide bonds. The Morgan fingerprint density at radius 3 is 2.46 bits per heavy atom. The fourth-order valence-electron chi connectivity index (χ4n) is 2.04. The number of nitrogens with one attached hydrogen (secondary N) is 1. The van der Waals surface area contributed by atoms with Crippen LogP contribution >= 0.6 is 11.6 Å². The Morgan fingerprint density at radius 1 is 1.12 bits per heavy atom. The molecule has 2 aromatic carbocycles. The summed E-state index contributed by atoms with van der Waals surface area (Å²) in [6.07, 6.45) is 0. The maximum atomic E-state index is 12.7. The van der Waals surface area contributed by atoms with Gasteiger partial charge in [-0.1, -0.05) is 17.7 Å². The van der Waals surface area contributed by atoms with Gasteiger partial charge in [0.2, 0.25) is 0 Å². The molecule has 0 atom stereocenters. The Kier molecular flexibility index (Phi) is 5.36. The van der Waals surface area contributed by atoms with Crippen LogP contribution in [0.1, 0.15) is 15.9 Å². The van der Waals surface area contributed by atoms with Gasteiger partial charge in [-0.25, -0.2) is 13.2 Å². The Bertz CT molecular complexity index is 880. The summed E-state index contributed by atoms with van der Waals surface area (Å²) in [5.74, 6) is -0.395. The summed E-state index contributed by atoms with van der Waals surface area (Å²) >= 11 is 6.03. The van der Waals surface area contributed by atoms with Crippen LogP contribution in [0.2, 0.25) is 5.02 Å². The van der Waals surface area contributed by atoms with Gasteiger partial charge in [0.1, 0.15) is 10.6 Å². The van der Waals surface area contributed by atoms with Crippen molar-refractivity contribution in [3.63, 3.8) is 0 Å². The van der Waals surface area contributed by atoms with Crippen LogP contribution in [-0.4, -0.2) is 28.6 Å². The molecule has 0 fully saturated rings. The van der Waals surface area contributed by atoms with Crippen LogP contribution in [0.5, 0.6) is 5.75 Å². The Balaban J connectivity index is 2.47. The second-order valence-corrected chi connectivity index (χ2v) is 7.00. The lowest BCUT2D eigenvalue weighted by atomic mass is 10.2. The number of carbonyl (C=O) groups is 1. The Hall–Kier alpha value is -2.25. The molecule has 0 saturated carbocycles. The number of rotatable bonds is 5. The number of benzene rings is 2. The fraction of sp³-hybridized carbons (Fsp3) is 0.188. The van der Waals surface area contributed by atoms with Crippen LogP contribution in [0.4, 0.5) is 5.69 Å². The highest BCUT2D eigenvalue weighted by molar-refractivity contribution is 7.92. The first-order valence-electron chi connectivity index (χ1n) is 6.84. The minimum absolute atomic E-state index is 0.0236. The van der Waals surface area contributed by atoms with Crippen LogP contribution in [0.15, 0.2) is 41.3 Å². The van der Waals surface area contributed by atoms with E-state index >= 15 is 0 Å². The van der Waals surface area contributed by atoms with Crippen molar-refractivity contribution in [1.29, 1.82) is 0 Å². The molecule has 0 saturated heterocycles. The van der Waals surface area contributed by atoms with Gasteiger partial charge in [-0.3, -0.25) is 4.72 Å². The van der Waals surface area contributed by atoms with Gasteiger partial charge in [-0.15, -0.1) is 0 Å². The number of hydrogen-bond donors (Lipinski definition) is 1. The average Bonchev–Trinajstić information content (AvgIpc) is 2.56. The zero-order valence-electron chi connectivity index (χ0n) is 13.3. The minimum Gasteiger partial charge on any atom is -0.495 e. The van der Waals surface area contributed by atoms with E-state index in [1.165, 1.54) is 38.5 Å². The molecule has 0 bridgehead atoms. The van der Waals surface area contributed by atoms with E-state index < -0.39 is 16.0 Å². The average molecular weight is 370 g/mol. The van der Waals surface area contributed by atoms with Crippen molar-refractivity contribution in [2.45, 2.75) is 11.8 Å². The third kappa shape index (κ3) is 3.80.